The Morgan fingerprint density at radius 1 is 1.08 bits per heavy atom. The van der Waals surface area contributed by atoms with Gasteiger partial charge >= 0.3 is 0 Å². The topological polar surface area (TPSA) is 67.4 Å². The number of carbonyl (C=O) groups is 2. The van der Waals surface area contributed by atoms with Crippen molar-refractivity contribution < 1.29 is 14.3 Å². The molecular formula is C20H26N2O3. The lowest BCUT2D eigenvalue weighted by molar-refractivity contribution is -0.120. The summed E-state index contributed by atoms with van der Waals surface area (Å²) in [6.07, 6.45) is 5.15. The number of hydrogen-bond donors (Lipinski definition) is 2. The molecule has 1 saturated carbocycles. The normalized spacial score (nSPS) is 23.5. The van der Waals surface area contributed by atoms with Crippen molar-refractivity contribution in [3.8, 4) is 5.75 Å². The van der Waals surface area contributed by atoms with Crippen LogP contribution in [-0.2, 0) is 9.59 Å². The minimum atomic E-state index is 0.0560. The highest BCUT2D eigenvalue weighted by Crippen LogP contribution is 2.28. The van der Waals surface area contributed by atoms with Crippen LogP contribution in [0.4, 0.5) is 5.69 Å². The Bertz CT molecular complexity index is 671. The first-order valence-corrected chi connectivity index (χ1v) is 9.01. The van der Waals surface area contributed by atoms with Crippen molar-refractivity contribution in [3.63, 3.8) is 0 Å². The average molecular weight is 342 g/mol. The number of ether oxygens (including phenoxy) is 1. The highest BCUT2D eigenvalue weighted by Gasteiger charge is 2.28. The van der Waals surface area contributed by atoms with Crippen molar-refractivity contribution in [1.82, 2.24) is 5.32 Å². The summed E-state index contributed by atoms with van der Waals surface area (Å²) in [5.41, 5.74) is 2.80. The summed E-state index contributed by atoms with van der Waals surface area (Å²) < 4.78 is 5.13. The molecule has 1 aromatic carbocycles. The van der Waals surface area contributed by atoms with Crippen LogP contribution in [0.25, 0.3) is 0 Å². The van der Waals surface area contributed by atoms with Gasteiger partial charge in [0, 0.05) is 35.3 Å². The van der Waals surface area contributed by atoms with Crippen molar-refractivity contribution >= 4 is 17.4 Å². The third kappa shape index (κ3) is 4.21. The van der Waals surface area contributed by atoms with Crippen LogP contribution in [0.15, 0.2) is 35.5 Å². The van der Waals surface area contributed by atoms with Gasteiger partial charge in [-0.2, -0.15) is 0 Å². The first-order valence-electron chi connectivity index (χ1n) is 9.01. The highest BCUT2D eigenvalue weighted by molar-refractivity contribution is 5.98. The number of allylic oxidation sites excluding steroid dienone is 2. The molecule has 0 aliphatic heterocycles. The van der Waals surface area contributed by atoms with E-state index in [0.717, 1.165) is 54.8 Å². The Balaban J connectivity index is 1.48. The van der Waals surface area contributed by atoms with Crippen molar-refractivity contribution in [1.29, 1.82) is 0 Å². The molecule has 5 nitrogen and oxygen atoms in total. The zero-order valence-electron chi connectivity index (χ0n) is 14.9. The van der Waals surface area contributed by atoms with E-state index in [1.54, 1.807) is 7.11 Å². The molecule has 1 amide bonds. The molecule has 2 N–H and O–H groups in total. The van der Waals surface area contributed by atoms with Crippen LogP contribution in [0.2, 0.25) is 0 Å². The van der Waals surface area contributed by atoms with E-state index in [0.29, 0.717) is 12.5 Å². The fourth-order valence-corrected chi connectivity index (χ4v) is 3.63. The van der Waals surface area contributed by atoms with Gasteiger partial charge in [0.2, 0.25) is 5.91 Å². The van der Waals surface area contributed by atoms with Gasteiger partial charge in [-0.15, -0.1) is 0 Å². The smallest absolute Gasteiger partial charge is 0.227 e. The molecule has 0 bridgehead atoms. The Morgan fingerprint density at radius 3 is 2.32 bits per heavy atom. The number of amides is 1. The summed E-state index contributed by atoms with van der Waals surface area (Å²) in [7, 11) is 1.62. The predicted octanol–water partition coefficient (Wildman–Crippen LogP) is 3.42. The fraction of sp³-hybridized carbons (Fsp3) is 0.500. The molecule has 0 spiro atoms. The number of hydrogen-bond acceptors (Lipinski definition) is 4. The summed E-state index contributed by atoms with van der Waals surface area (Å²) in [5.74, 6) is 1.19. The average Bonchev–Trinajstić information content (AvgIpc) is 2.95. The molecule has 0 radical (unpaired) electrons. The van der Waals surface area contributed by atoms with Crippen LogP contribution in [-0.4, -0.2) is 24.8 Å². The van der Waals surface area contributed by atoms with Gasteiger partial charge in [0.25, 0.3) is 0 Å². The molecule has 3 rings (SSSR count). The Hall–Kier alpha value is -2.30. The number of ketones is 1. The molecule has 0 unspecified atom stereocenters. The van der Waals surface area contributed by atoms with E-state index in [4.69, 9.17) is 4.74 Å². The minimum Gasteiger partial charge on any atom is -0.497 e. The number of nitrogens with one attached hydrogen (secondary N) is 2. The van der Waals surface area contributed by atoms with Crippen LogP contribution in [0, 0.1) is 5.92 Å². The molecule has 5 heteroatoms. The lowest BCUT2D eigenvalue weighted by Gasteiger charge is -2.29. The van der Waals surface area contributed by atoms with Crippen molar-refractivity contribution in [2.75, 3.05) is 12.4 Å². The molecule has 0 aromatic heterocycles. The number of carbonyl (C=O) groups excluding carboxylic acids is 2. The van der Waals surface area contributed by atoms with E-state index in [2.05, 4.69) is 10.6 Å². The monoisotopic (exact) mass is 342 g/mol. The molecule has 134 valence electrons. The summed E-state index contributed by atoms with van der Waals surface area (Å²) in [6, 6.07) is 7.78. The fourth-order valence-electron chi connectivity index (χ4n) is 3.63. The summed E-state index contributed by atoms with van der Waals surface area (Å²) in [6.45, 7) is 1.91. The van der Waals surface area contributed by atoms with Gasteiger partial charge in [-0.25, -0.2) is 0 Å². The molecule has 0 saturated heterocycles. The van der Waals surface area contributed by atoms with E-state index in [1.807, 2.05) is 31.2 Å². The van der Waals surface area contributed by atoms with Crippen LogP contribution >= 0.6 is 0 Å². The lowest BCUT2D eigenvalue weighted by atomic mass is 9.85. The predicted molar refractivity (Wildman–Crippen MR) is 97.4 cm³/mol. The van der Waals surface area contributed by atoms with Gasteiger partial charge in [0.05, 0.1) is 7.11 Å². The molecule has 0 heterocycles. The van der Waals surface area contributed by atoms with E-state index in [9.17, 15) is 9.59 Å². The van der Waals surface area contributed by atoms with Crippen LogP contribution in [0.3, 0.4) is 0 Å². The zero-order valence-corrected chi connectivity index (χ0v) is 14.9. The number of Topliss-reactive ketones (excluding diaryl/α,β-unsaturated/α-hetero) is 1. The van der Waals surface area contributed by atoms with E-state index in [1.165, 1.54) is 0 Å². The number of methoxy groups -OCH3 is 1. The lowest BCUT2D eigenvalue weighted by Crippen LogP contribution is -2.36. The Labute approximate surface area is 148 Å². The van der Waals surface area contributed by atoms with Crippen LogP contribution in [0.5, 0.6) is 5.75 Å². The molecule has 0 atom stereocenters. The maximum Gasteiger partial charge on any atom is 0.227 e. The molecule has 2 aliphatic carbocycles. The van der Waals surface area contributed by atoms with Crippen molar-refractivity contribution in [2.45, 2.75) is 51.5 Å². The quantitative estimate of drug-likeness (QED) is 0.860. The maximum atomic E-state index is 12.5. The molecule has 1 aromatic rings. The standard InChI is InChI=1S/C20H26N2O3/c1-13-18(11-12-19(13)23)21-15-5-3-14(4-6-15)20(24)22-16-7-9-17(25-2)10-8-16/h7-10,14-15,21H,3-6,11-12H2,1-2H3,(H,22,24). The second kappa shape index (κ2) is 7.72. The first-order chi connectivity index (χ1) is 12.1. The van der Waals surface area contributed by atoms with Gasteiger partial charge < -0.3 is 15.4 Å². The summed E-state index contributed by atoms with van der Waals surface area (Å²) >= 11 is 0. The SMILES string of the molecule is COc1ccc(NC(=O)C2CCC(NC3=C(C)C(=O)CC3)CC2)cc1. The third-order valence-electron chi connectivity index (χ3n) is 5.31. The Morgan fingerprint density at radius 2 is 1.76 bits per heavy atom. The van der Waals surface area contributed by atoms with Gasteiger partial charge in [-0.3, -0.25) is 9.59 Å². The van der Waals surface area contributed by atoms with Crippen LogP contribution in [0.1, 0.15) is 45.4 Å². The number of anilines is 1. The van der Waals surface area contributed by atoms with E-state index >= 15 is 0 Å². The molecular weight excluding hydrogens is 316 g/mol. The molecule has 25 heavy (non-hydrogen) atoms. The zero-order chi connectivity index (χ0) is 17.8. The summed E-state index contributed by atoms with van der Waals surface area (Å²) in [5, 5.41) is 6.53. The highest BCUT2D eigenvalue weighted by atomic mass is 16.5. The summed E-state index contributed by atoms with van der Waals surface area (Å²) in [4.78, 5) is 24.1. The van der Waals surface area contributed by atoms with Crippen molar-refractivity contribution in [2.24, 2.45) is 5.92 Å². The van der Waals surface area contributed by atoms with Crippen molar-refractivity contribution in [3.05, 3.63) is 35.5 Å². The minimum absolute atomic E-state index is 0.0560. The first kappa shape index (κ1) is 17.5. The second-order valence-corrected chi connectivity index (χ2v) is 6.94. The Kier molecular flexibility index (Phi) is 5.41. The molecule has 1 fully saturated rings. The van der Waals surface area contributed by atoms with E-state index in [-0.39, 0.29) is 17.6 Å². The third-order valence-corrected chi connectivity index (χ3v) is 5.31. The van der Waals surface area contributed by atoms with Gasteiger partial charge in [-0.1, -0.05) is 0 Å². The van der Waals surface area contributed by atoms with Gasteiger partial charge in [0.15, 0.2) is 5.78 Å². The molecule has 2 aliphatic rings. The van der Waals surface area contributed by atoms with Gasteiger partial charge in [0.1, 0.15) is 5.75 Å². The van der Waals surface area contributed by atoms with Crippen LogP contribution < -0.4 is 15.4 Å². The van der Waals surface area contributed by atoms with Gasteiger partial charge in [-0.05, 0) is 63.3 Å². The number of rotatable bonds is 5. The second-order valence-electron chi connectivity index (χ2n) is 6.94. The maximum absolute atomic E-state index is 12.5. The number of benzene rings is 1. The van der Waals surface area contributed by atoms with E-state index < -0.39 is 0 Å². The largest absolute Gasteiger partial charge is 0.497 e.